The first kappa shape index (κ1) is 33.4. The second kappa shape index (κ2) is 13.1. The Labute approximate surface area is 302 Å². The van der Waals surface area contributed by atoms with Crippen molar-refractivity contribution in [2.75, 3.05) is 23.3 Å². The normalized spacial score (nSPS) is 16.7. The summed E-state index contributed by atoms with van der Waals surface area (Å²) in [5, 5.41) is 3.89. The number of aryl methyl sites for hydroxylation is 1. The lowest BCUT2D eigenvalue weighted by atomic mass is 9.73. The molecule has 2 aromatic carbocycles. The molecule has 3 N–H and O–H groups in total. The maximum atomic E-state index is 15.1. The van der Waals surface area contributed by atoms with E-state index in [2.05, 4.69) is 59.4 Å². The molecule has 1 aliphatic carbocycles. The number of hydrogen-bond donors (Lipinski definition) is 2. The Morgan fingerprint density at radius 2 is 1.76 bits per heavy atom. The quantitative estimate of drug-likeness (QED) is 0.156. The fourth-order valence-corrected chi connectivity index (χ4v) is 8.47. The van der Waals surface area contributed by atoms with Gasteiger partial charge in [0.15, 0.2) is 11.6 Å². The summed E-state index contributed by atoms with van der Waals surface area (Å²) >= 11 is 7.93. The molecule has 51 heavy (non-hydrogen) atoms. The fourth-order valence-electron chi connectivity index (χ4n) is 7.49. The molecule has 5 heterocycles. The highest BCUT2D eigenvalue weighted by molar-refractivity contribution is 7.99. The highest BCUT2D eigenvalue weighted by atomic mass is 35.5. The molecule has 0 bridgehead atoms. The zero-order valence-electron chi connectivity index (χ0n) is 28.2. The van der Waals surface area contributed by atoms with Gasteiger partial charge in [-0.15, -0.1) is 0 Å². The summed E-state index contributed by atoms with van der Waals surface area (Å²) < 4.78 is 32.0. The van der Waals surface area contributed by atoms with Gasteiger partial charge in [-0.3, -0.25) is 0 Å². The molecule has 0 saturated carbocycles. The van der Waals surface area contributed by atoms with Crippen molar-refractivity contribution in [3.63, 3.8) is 0 Å². The molecular formula is C37H35ClF2N10S. The first-order valence-corrected chi connectivity index (χ1v) is 18.0. The molecule has 14 heteroatoms. The minimum Gasteiger partial charge on any atom is -0.355 e. The van der Waals surface area contributed by atoms with Crippen LogP contribution in [0.1, 0.15) is 55.7 Å². The van der Waals surface area contributed by atoms with Gasteiger partial charge in [0.25, 0.3) is 0 Å². The third-order valence-electron chi connectivity index (χ3n) is 10.0. The summed E-state index contributed by atoms with van der Waals surface area (Å²) in [6.07, 6.45) is 7.62. The SMILES string of the molecule is Cc1nc2c(F)cc(-c3nc(Nc4ccc(Sc5cnc(N6CCC7(CC6)Cc6ccccc6[C@H]7N)cn5)c(Cl)n4)ncc3F)cc2n1C(C)C. The van der Waals surface area contributed by atoms with Crippen LogP contribution in [-0.2, 0) is 6.42 Å². The van der Waals surface area contributed by atoms with Crippen LogP contribution >= 0.6 is 23.4 Å². The number of benzene rings is 2. The van der Waals surface area contributed by atoms with Gasteiger partial charge in [-0.25, -0.2) is 38.7 Å². The van der Waals surface area contributed by atoms with Crippen LogP contribution in [0.2, 0.25) is 5.15 Å². The molecule has 4 aromatic heterocycles. The maximum absolute atomic E-state index is 15.1. The van der Waals surface area contributed by atoms with E-state index in [4.69, 9.17) is 22.3 Å². The van der Waals surface area contributed by atoms with E-state index in [1.807, 2.05) is 25.3 Å². The van der Waals surface area contributed by atoms with Crippen molar-refractivity contribution in [3.8, 4) is 11.3 Å². The zero-order chi connectivity index (χ0) is 35.4. The van der Waals surface area contributed by atoms with E-state index in [0.717, 1.165) is 44.4 Å². The van der Waals surface area contributed by atoms with Gasteiger partial charge in [0.1, 0.15) is 38.8 Å². The molecule has 10 nitrogen and oxygen atoms in total. The van der Waals surface area contributed by atoms with Crippen molar-refractivity contribution in [1.82, 2.24) is 34.5 Å². The highest BCUT2D eigenvalue weighted by Gasteiger charge is 2.45. The summed E-state index contributed by atoms with van der Waals surface area (Å²) in [4.78, 5) is 29.6. The number of aromatic nitrogens is 7. The number of piperidine rings is 1. The minimum atomic E-state index is -0.690. The number of nitrogens with zero attached hydrogens (tertiary/aromatic N) is 8. The molecule has 6 aromatic rings. The summed E-state index contributed by atoms with van der Waals surface area (Å²) in [6.45, 7) is 7.53. The number of anilines is 3. The summed E-state index contributed by atoms with van der Waals surface area (Å²) in [7, 11) is 0. The molecular weight excluding hydrogens is 690 g/mol. The van der Waals surface area contributed by atoms with Crippen LogP contribution in [-0.4, -0.2) is 47.6 Å². The van der Waals surface area contributed by atoms with E-state index < -0.39 is 11.6 Å². The topological polar surface area (TPSA) is 124 Å². The molecule has 1 saturated heterocycles. The monoisotopic (exact) mass is 724 g/mol. The van der Waals surface area contributed by atoms with Crippen molar-refractivity contribution in [1.29, 1.82) is 0 Å². The lowest BCUT2D eigenvalue weighted by molar-refractivity contribution is 0.187. The predicted octanol–water partition coefficient (Wildman–Crippen LogP) is 8.24. The molecule has 8 rings (SSSR count). The van der Waals surface area contributed by atoms with Crippen molar-refractivity contribution < 1.29 is 8.78 Å². The smallest absolute Gasteiger partial charge is 0.229 e. The van der Waals surface area contributed by atoms with E-state index in [0.29, 0.717) is 27.1 Å². The van der Waals surface area contributed by atoms with Crippen LogP contribution in [0, 0.1) is 24.0 Å². The lowest BCUT2D eigenvalue weighted by Gasteiger charge is -2.42. The van der Waals surface area contributed by atoms with Crippen LogP contribution in [0.4, 0.5) is 26.4 Å². The summed E-state index contributed by atoms with van der Waals surface area (Å²) in [6, 6.07) is 15.1. The van der Waals surface area contributed by atoms with Crippen LogP contribution in [0.5, 0.6) is 0 Å². The van der Waals surface area contributed by atoms with E-state index in [1.165, 1.54) is 29.0 Å². The Kier molecular flexibility index (Phi) is 8.59. The van der Waals surface area contributed by atoms with Crippen molar-refractivity contribution in [3.05, 3.63) is 101 Å². The van der Waals surface area contributed by atoms with E-state index in [-0.39, 0.29) is 45.4 Å². The van der Waals surface area contributed by atoms with Crippen molar-refractivity contribution in [2.24, 2.45) is 11.1 Å². The summed E-state index contributed by atoms with van der Waals surface area (Å²) in [5.41, 5.74) is 10.5. The molecule has 0 radical (unpaired) electrons. The molecule has 2 aliphatic rings. The standard InChI is InChI=1S/C37H35ClF2N10S/c1-20(2)50-21(3)45-33-25(39)14-23(15-27(33)50)32-26(40)17-44-36(48-32)47-29-9-8-28(35(38)46-29)51-31-19-42-30(18-43-31)49-12-10-37(11-13-49)16-22-6-4-5-7-24(22)34(37)41/h4-9,14-15,17-20,34H,10-13,16,41H2,1-3H3,(H,44,46,47,48)/t34-/m1/s1. The highest BCUT2D eigenvalue weighted by Crippen LogP contribution is 2.51. The number of imidazole rings is 1. The average molecular weight is 725 g/mol. The average Bonchev–Trinajstić information content (AvgIpc) is 3.60. The minimum absolute atomic E-state index is 0.0320. The number of pyridine rings is 1. The number of nitrogens with two attached hydrogens (primary N) is 1. The van der Waals surface area contributed by atoms with Gasteiger partial charge in [-0.1, -0.05) is 47.6 Å². The van der Waals surface area contributed by atoms with Crippen LogP contribution in [0.25, 0.3) is 22.3 Å². The first-order valence-electron chi connectivity index (χ1n) is 16.8. The number of hydrogen-bond acceptors (Lipinski definition) is 10. The zero-order valence-corrected chi connectivity index (χ0v) is 29.8. The molecule has 1 fully saturated rings. The van der Waals surface area contributed by atoms with E-state index in [1.54, 1.807) is 30.6 Å². The Morgan fingerprint density at radius 1 is 0.961 bits per heavy atom. The second-order valence-corrected chi connectivity index (χ2v) is 14.9. The third kappa shape index (κ3) is 6.17. The van der Waals surface area contributed by atoms with Gasteiger partial charge in [0.05, 0.1) is 29.0 Å². The van der Waals surface area contributed by atoms with Gasteiger partial charge in [-0.2, -0.15) is 0 Å². The van der Waals surface area contributed by atoms with Crippen molar-refractivity contribution >= 4 is 52.0 Å². The molecule has 1 atom stereocenters. The van der Waals surface area contributed by atoms with Gasteiger partial charge in [-0.05, 0) is 80.8 Å². The molecule has 0 amide bonds. The van der Waals surface area contributed by atoms with Crippen LogP contribution in [0.3, 0.4) is 0 Å². The fraction of sp³-hybridized carbons (Fsp3) is 0.297. The largest absolute Gasteiger partial charge is 0.355 e. The number of rotatable bonds is 7. The van der Waals surface area contributed by atoms with E-state index >= 15 is 8.78 Å². The number of fused-ring (bicyclic) bond motifs is 2. The molecule has 0 unspecified atom stereocenters. The Balaban J connectivity index is 0.932. The first-order chi connectivity index (χ1) is 24.6. The van der Waals surface area contributed by atoms with Crippen LogP contribution in [0.15, 0.2) is 77.0 Å². The molecule has 1 spiro atoms. The third-order valence-corrected chi connectivity index (χ3v) is 11.4. The predicted molar refractivity (Wildman–Crippen MR) is 195 cm³/mol. The van der Waals surface area contributed by atoms with Crippen molar-refractivity contribution in [2.45, 2.75) is 62.0 Å². The molecule has 260 valence electrons. The van der Waals surface area contributed by atoms with Gasteiger partial charge in [0.2, 0.25) is 5.95 Å². The van der Waals surface area contributed by atoms with Gasteiger partial charge >= 0.3 is 0 Å². The van der Waals surface area contributed by atoms with Crippen LogP contribution < -0.4 is 16.0 Å². The maximum Gasteiger partial charge on any atom is 0.229 e. The Hall–Kier alpha value is -4.72. The van der Waals surface area contributed by atoms with Gasteiger partial charge < -0.3 is 20.5 Å². The number of halogens is 3. The second-order valence-electron chi connectivity index (χ2n) is 13.5. The molecule has 1 aliphatic heterocycles. The Morgan fingerprint density at radius 3 is 2.49 bits per heavy atom. The van der Waals surface area contributed by atoms with Gasteiger partial charge in [0, 0.05) is 30.7 Å². The van der Waals surface area contributed by atoms with E-state index in [9.17, 15) is 0 Å². The lowest BCUT2D eigenvalue weighted by Crippen LogP contribution is -2.44. The summed E-state index contributed by atoms with van der Waals surface area (Å²) in [5.74, 6) is 0.690. The Bertz CT molecular complexity index is 2270. The number of nitrogens with one attached hydrogen (secondary N) is 1.